The van der Waals surface area contributed by atoms with Crippen LogP contribution >= 0.6 is 0 Å². The molecular formula is C18H17NO3. The molecule has 112 valence electrons. The van der Waals surface area contributed by atoms with Crippen LogP contribution < -0.4 is 5.32 Å². The predicted octanol–water partition coefficient (Wildman–Crippen LogP) is 3.16. The minimum Gasteiger partial charge on any atom is -0.477 e. The van der Waals surface area contributed by atoms with E-state index in [9.17, 15) is 14.7 Å². The van der Waals surface area contributed by atoms with Crippen molar-refractivity contribution in [2.45, 2.75) is 13.8 Å². The fraction of sp³-hybridized carbons (Fsp3) is 0.111. The lowest BCUT2D eigenvalue weighted by Gasteiger charge is -2.07. The van der Waals surface area contributed by atoms with Gasteiger partial charge in [0.1, 0.15) is 5.70 Å². The van der Waals surface area contributed by atoms with Gasteiger partial charge >= 0.3 is 5.97 Å². The van der Waals surface area contributed by atoms with Crippen LogP contribution in [0.5, 0.6) is 0 Å². The second-order valence-electron chi connectivity index (χ2n) is 5.10. The number of hydrogen-bond acceptors (Lipinski definition) is 2. The summed E-state index contributed by atoms with van der Waals surface area (Å²) in [4.78, 5) is 23.5. The van der Waals surface area contributed by atoms with Crippen molar-refractivity contribution >= 4 is 18.0 Å². The van der Waals surface area contributed by atoms with Crippen molar-refractivity contribution in [3.63, 3.8) is 0 Å². The molecular weight excluding hydrogens is 278 g/mol. The summed E-state index contributed by atoms with van der Waals surface area (Å²) in [6.07, 6.45) is 1.44. The SMILES string of the molecule is Cc1ccc(/C=C(\NC(=O)c2cccc(C)c2)C(=O)O)cc1. The van der Waals surface area contributed by atoms with Crippen LogP contribution in [0.1, 0.15) is 27.0 Å². The Morgan fingerprint density at radius 1 is 1.00 bits per heavy atom. The molecule has 0 aromatic heterocycles. The molecule has 0 radical (unpaired) electrons. The zero-order chi connectivity index (χ0) is 16.1. The van der Waals surface area contributed by atoms with Gasteiger partial charge in [0, 0.05) is 5.56 Å². The van der Waals surface area contributed by atoms with Crippen molar-refractivity contribution < 1.29 is 14.7 Å². The number of amides is 1. The number of rotatable bonds is 4. The normalized spacial score (nSPS) is 11.1. The maximum atomic E-state index is 12.1. The lowest BCUT2D eigenvalue weighted by Crippen LogP contribution is -2.27. The molecule has 0 saturated heterocycles. The maximum Gasteiger partial charge on any atom is 0.352 e. The molecule has 0 fully saturated rings. The fourth-order valence-corrected chi connectivity index (χ4v) is 1.96. The number of carbonyl (C=O) groups is 2. The number of nitrogens with one attached hydrogen (secondary N) is 1. The number of carbonyl (C=O) groups excluding carboxylic acids is 1. The lowest BCUT2D eigenvalue weighted by atomic mass is 10.1. The number of aryl methyl sites for hydroxylation is 2. The van der Waals surface area contributed by atoms with Crippen LogP contribution in [0.2, 0.25) is 0 Å². The third-order valence-corrected chi connectivity index (χ3v) is 3.15. The van der Waals surface area contributed by atoms with Gasteiger partial charge in [0.25, 0.3) is 5.91 Å². The molecule has 2 rings (SSSR count). The highest BCUT2D eigenvalue weighted by Crippen LogP contribution is 2.09. The first-order valence-electron chi connectivity index (χ1n) is 6.85. The Bertz CT molecular complexity index is 730. The van der Waals surface area contributed by atoms with Crippen LogP contribution in [0.25, 0.3) is 6.08 Å². The van der Waals surface area contributed by atoms with Gasteiger partial charge in [-0.1, -0.05) is 47.5 Å². The summed E-state index contributed by atoms with van der Waals surface area (Å²) < 4.78 is 0. The van der Waals surface area contributed by atoms with Crippen molar-refractivity contribution in [2.75, 3.05) is 0 Å². The summed E-state index contributed by atoms with van der Waals surface area (Å²) in [5.74, 6) is -1.62. The lowest BCUT2D eigenvalue weighted by molar-refractivity contribution is -0.132. The quantitative estimate of drug-likeness (QED) is 0.851. The molecule has 0 spiro atoms. The van der Waals surface area contributed by atoms with E-state index in [0.29, 0.717) is 11.1 Å². The Kier molecular flexibility index (Phi) is 4.73. The van der Waals surface area contributed by atoms with E-state index < -0.39 is 11.9 Å². The maximum absolute atomic E-state index is 12.1. The molecule has 4 nitrogen and oxygen atoms in total. The third kappa shape index (κ3) is 4.06. The van der Waals surface area contributed by atoms with E-state index in [-0.39, 0.29) is 5.70 Å². The van der Waals surface area contributed by atoms with Crippen LogP contribution in [0, 0.1) is 13.8 Å². The van der Waals surface area contributed by atoms with Gasteiger partial charge < -0.3 is 10.4 Å². The average Bonchev–Trinajstić information content (AvgIpc) is 2.48. The largest absolute Gasteiger partial charge is 0.477 e. The van der Waals surface area contributed by atoms with Crippen LogP contribution in [0.15, 0.2) is 54.2 Å². The number of carboxylic acid groups (broad SMARTS) is 1. The highest BCUT2D eigenvalue weighted by molar-refractivity contribution is 6.02. The van der Waals surface area contributed by atoms with Crippen molar-refractivity contribution in [3.8, 4) is 0 Å². The molecule has 0 saturated carbocycles. The predicted molar refractivity (Wildman–Crippen MR) is 85.4 cm³/mol. The number of hydrogen-bond donors (Lipinski definition) is 2. The molecule has 22 heavy (non-hydrogen) atoms. The third-order valence-electron chi connectivity index (χ3n) is 3.15. The molecule has 2 N–H and O–H groups in total. The zero-order valence-electron chi connectivity index (χ0n) is 12.5. The summed E-state index contributed by atoms with van der Waals surface area (Å²) in [7, 11) is 0. The van der Waals surface area contributed by atoms with Crippen molar-refractivity contribution in [1.82, 2.24) is 5.32 Å². The Balaban J connectivity index is 2.24. The zero-order valence-corrected chi connectivity index (χ0v) is 12.5. The molecule has 0 aliphatic heterocycles. The van der Waals surface area contributed by atoms with E-state index in [0.717, 1.165) is 11.1 Å². The monoisotopic (exact) mass is 295 g/mol. The summed E-state index contributed by atoms with van der Waals surface area (Å²) in [6.45, 7) is 3.82. The van der Waals surface area contributed by atoms with E-state index in [1.165, 1.54) is 6.08 Å². The molecule has 2 aromatic rings. The molecule has 1 amide bonds. The van der Waals surface area contributed by atoms with Crippen LogP contribution in [0.4, 0.5) is 0 Å². The van der Waals surface area contributed by atoms with Gasteiger partial charge in [-0.3, -0.25) is 4.79 Å². The fourth-order valence-electron chi connectivity index (χ4n) is 1.96. The summed E-state index contributed by atoms with van der Waals surface area (Å²) >= 11 is 0. The van der Waals surface area contributed by atoms with Gasteiger partial charge in [-0.15, -0.1) is 0 Å². The van der Waals surface area contributed by atoms with Gasteiger partial charge in [0.15, 0.2) is 0 Å². The molecule has 2 aromatic carbocycles. The molecule has 4 heteroatoms. The van der Waals surface area contributed by atoms with Gasteiger partial charge in [0.2, 0.25) is 0 Å². The second-order valence-corrected chi connectivity index (χ2v) is 5.10. The van der Waals surface area contributed by atoms with E-state index in [1.807, 2.05) is 32.0 Å². The number of benzene rings is 2. The van der Waals surface area contributed by atoms with Gasteiger partial charge in [-0.05, 0) is 37.6 Å². The highest BCUT2D eigenvalue weighted by Gasteiger charge is 2.13. The number of carboxylic acids is 1. The summed E-state index contributed by atoms with van der Waals surface area (Å²) in [6, 6.07) is 14.4. The topological polar surface area (TPSA) is 66.4 Å². The first kappa shape index (κ1) is 15.5. The average molecular weight is 295 g/mol. The smallest absolute Gasteiger partial charge is 0.352 e. The first-order chi connectivity index (χ1) is 10.5. The van der Waals surface area contributed by atoms with Crippen LogP contribution in [-0.4, -0.2) is 17.0 Å². The Labute approximate surface area is 129 Å². The highest BCUT2D eigenvalue weighted by atomic mass is 16.4. The van der Waals surface area contributed by atoms with Crippen molar-refractivity contribution in [1.29, 1.82) is 0 Å². The molecule has 0 bridgehead atoms. The molecule has 0 heterocycles. The van der Waals surface area contributed by atoms with Gasteiger partial charge in [0.05, 0.1) is 0 Å². The minimum absolute atomic E-state index is 0.157. The van der Waals surface area contributed by atoms with Crippen LogP contribution in [-0.2, 0) is 4.79 Å². The van der Waals surface area contributed by atoms with Gasteiger partial charge in [-0.2, -0.15) is 0 Å². The Hall–Kier alpha value is -2.88. The standard InChI is InChI=1S/C18H17NO3/c1-12-6-8-14(9-7-12)11-16(18(21)22)19-17(20)15-5-3-4-13(2)10-15/h3-11H,1-2H3,(H,19,20)(H,21,22)/b16-11-. The number of aliphatic carboxylic acids is 1. The second kappa shape index (κ2) is 6.72. The van der Waals surface area contributed by atoms with E-state index in [4.69, 9.17) is 0 Å². The molecule has 0 unspecified atom stereocenters. The summed E-state index contributed by atoms with van der Waals surface area (Å²) in [5, 5.41) is 11.7. The molecule has 0 aliphatic carbocycles. The first-order valence-corrected chi connectivity index (χ1v) is 6.85. The van der Waals surface area contributed by atoms with E-state index in [2.05, 4.69) is 5.32 Å². The summed E-state index contributed by atoms with van der Waals surface area (Å²) in [5.41, 5.74) is 3.00. The Morgan fingerprint density at radius 2 is 1.68 bits per heavy atom. The molecule has 0 atom stereocenters. The Morgan fingerprint density at radius 3 is 2.27 bits per heavy atom. The van der Waals surface area contributed by atoms with Crippen LogP contribution in [0.3, 0.4) is 0 Å². The molecule has 0 aliphatic rings. The van der Waals surface area contributed by atoms with E-state index >= 15 is 0 Å². The van der Waals surface area contributed by atoms with Crippen molar-refractivity contribution in [2.24, 2.45) is 0 Å². The van der Waals surface area contributed by atoms with Crippen molar-refractivity contribution in [3.05, 3.63) is 76.5 Å². The van der Waals surface area contributed by atoms with E-state index in [1.54, 1.807) is 30.3 Å². The minimum atomic E-state index is -1.18. The van der Waals surface area contributed by atoms with Gasteiger partial charge in [-0.25, -0.2) is 4.79 Å².